The predicted octanol–water partition coefficient (Wildman–Crippen LogP) is 5.80. The second kappa shape index (κ2) is 8.37. The summed E-state index contributed by atoms with van der Waals surface area (Å²) in [6, 6.07) is 16.4. The van der Waals surface area contributed by atoms with Gasteiger partial charge >= 0.3 is 5.92 Å². The zero-order valence-corrected chi connectivity index (χ0v) is 17.6. The van der Waals surface area contributed by atoms with Crippen molar-refractivity contribution in [1.29, 1.82) is 0 Å². The molecule has 1 aliphatic heterocycles. The summed E-state index contributed by atoms with van der Waals surface area (Å²) in [7, 11) is 0. The van der Waals surface area contributed by atoms with Gasteiger partial charge in [-0.05, 0) is 60.1 Å². The minimum absolute atomic E-state index is 0.138. The van der Waals surface area contributed by atoms with Crippen LogP contribution < -0.4 is 9.64 Å². The van der Waals surface area contributed by atoms with Crippen LogP contribution in [0.4, 0.5) is 14.5 Å². The molecule has 0 spiro atoms. The first-order valence-electron chi connectivity index (χ1n) is 10.8. The number of carbonyl (C=O) groups is 1. The van der Waals surface area contributed by atoms with E-state index in [0.717, 1.165) is 36.9 Å². The Morgan fingerprint density at radius 1 is 1.10 bits per heavy atom. The number of ketones is 1. The molecule has 30 heavy (non-hydrogen) atoms. The Kier molecular flexibility index (Phi) is 5.81. The van der Waals surface area contributed by atoms with Crippen molar-refractivity contribution < 1.29 is 18.3 Å². The van der Waals surface area contributed by atoms with Crippen molar-refractivity contribution in [2.24, 2.45) is 5.92 Å². The molecule has 5 heteroatoms. The molecule has 2 fully saturated rings. The molecule has 0 aromatic heterocycles. The van der Waals surface area contributed by atoms with Gasteiger partial charge in [0.25, 0.3) is 0 Å². The number of alkyl halides is 2. The maximum absolute atomic E-state index is 13.1. The smallest absolute Gasteiger partial charge is 0.302 e. The van der Waals surface area contributed by atoms with Crippen molar-refractivity contribution in [3.63, 3.8) is 0 Å². The number of halogens is 2. The summed E-state index contributed by atoms with van der Waals surface area (Å²) in [5, 5.41) is 0. The van der Waals surface area contributed by atoms with Gasteiger partial charge in [0, 0.05) is 38.0 Å². The van der Waals surface area contributed by atoms with Gasteiger partial charge < -0.3 is 9.64 Å². The Balaban J connectivity index is 1.27. The molecule has 1 saturated carbocycles. The molecule has 1 heterocycles. The van der Waals surface area contributed by atoms with Crippen molar-refractivity contribution in [2.45, 2.75) is 50.9 Å². The van der Waals surface area contributed by atoms with Crippen LogP contribution in [0.5, 0.6) is 5.75 Å². The SMILES string of the molecule is C[C@H](CC(=O)C(C)(F)F)c1ccc(C2CN(c3ccc(OCC4CC4)cc3)C2)cc1. The molecular formula is C25H29F2NO2. The molecule has 0 N–H and O–H groups in total. The van der Waals surface area contributed by atoms with E-state index in [4.69, 9.17) is 4.74 Å². The Morgan fingerprint density at radius 2 is 1.73 bits per heavy atom. The third-order valence-electron chi connectivity index (χ3n) is 6.22. The average Bonchev–Trinajstić information content (AvgIpc) is 3.50. The highest BCUT2D eigenvalue weighted by Gasteiger charge is 2.33. The quantitative estimate of drug-likeness (QED) is 0.521. The predicted molar refractivity (Wildman–Crippen MR) is 115 cm³/mol. The number of carbonyl (C=O) groups excluding carboxylic acids is 1. The molecule has 3 nitrogen and oxygen atoms in total. The van der Waals surface area contributed by atoms with Crippen LogP contribution in [0, 0.1) is 5.92 Å². The minimum Gasteiger partial charge on any atom is -0.493 e. The highest BCUT2D eigenvalue weighted by molar-refractivity contribution is 5.85. The van der Waals surface area contributed by atoms with E-state index in [0.29, 0.717) is 12.8 Å². The monoisotopic (exact) mass is 413 g/mol. The second-order valence-electron chi connectivity index (χ2n) is 8.93. The first-order chi connectivity index (χ1) is 14.3. The molecule has 0 amide bonds. The number of benzene rings is 2. The summed E-state index contributed by atoms with van der Waals surface area (Å²) in [5.41, 5.74) is 3.38. The van der Waals surface area contributed by atoms with E-state index in [2.05, 4.69) is 29.2 Å². The molecule has 2 aliphatic rings. The number of hydrogen-bond acceptors (Lipinski definition) is 3. The lowest BCUT2D eigenvalue weighted by atomic mass is 9.88. The number of anilines is 1. The third-order valence-corrected chi connectivity index (χ3v) is 6.22. The van der Waals surface area contributed by atoms with Crippen LogP contribution in [-0.4, -0.2) is 31.4 Å². The summed E-state index contributed by atoms with van der Waals surface area (Å²) in [5.74, 6) is -2.32. The fourth-order valence-corrected chi connectivity index (χ4v) is 3.82. The molecule has 0 unspecified atom stereocenters. The van der Waals surface area contributed by atoms with E-state index < -0.39 is 11.7 Å². The Bertz CT molecular complexity index is 864. The van der Waals surface area contributed by atoms with Gasteiger partial charge in [0.1, 0.15) is 5.75 Å². The van der Waals surface area contributed by atoms with Gasteiger partial charge in [-0.3, -0.25) is 4.79 Å². The molecule has 0 bridgehead atoms. The standard InChI is InChI=1S/C25H29F2NO2/c1-17(13-24(29)25(2,26)27)19-5-7-20(8-6-19)21-14-28(15-21)22-9-11-23(12-10-22)30-16-18-3-4-18/h5-12,17-18,21H,3-4,13-16H2,1-2H3/t17-/m1/s1. The van der Waals surface area contributed by atoms with Gasteiger partial charge in [0.15, 0.2) is 0 Å². The molecule has 4 rings (SSSR count). The summed E-state index contributed by atoms with van der Waals surface area (Å²) in [6.45, 7) is 5.23. The number of Topliss-reactive ketones (excluding diaryl/α,β-unsaturated/α-hetero) is 1. The van der Waals surface area contributed by atoms with Gasteiger partial charge in [-0.25, -0.2) is 0 Å². The number of rotatable bonds is 9. The highest BCUT2D eigenvalue weighted by atomic mass is 19.3. The fraction of sp³-hybridized carbons (Fsp3) is 0.480. The van der Waals surface area contributed by atoms with Crippen LogP contribution in [0.3, 0.4) is 0 Å². The van der Waals surface area contributed by atoms with E-state index in [1.807, 2.05) is 31.2 Å². The number of nitrogens with zero attached hydrogens (tertiary/aromatic N) is 1. The Labute approximate surface area is 177 Å². The molecule has 1 aliphatic carbocycles. The van der Waals surface area contributed by atoms with Crippen LogP contribution in [0.2, 0.25) is 0 Å². The molecule has 2 aromatic carbocycles. The van der Waals surface area contributed by atoms with Gasteiger partial charge in [-0.1, -0.05) is 31.2 Å². The molecular weight excluding hydrogens is 384 g/mol. The van der Waals surface area contributed by atoms with Gasteiger partial charge in [-0.15, -0.1) is 0 Å². The Hall–Kier alpha value is -2.43. The van der Waals surface area contributed by atoms with Crippen molar-refractivity contribution in [1.82, 2.24) is 0 Å². The lowest BCUT2D eigenvalue weighted by Gasteiger charge is -2.41. The normalized spacial score (nSPS) is 18.1. The summed E-state index contributed by atoms with van der Waals surface area (Å²) < 4.78 is 32.0. The highest BCUT2D eigenvalue weighted by Crippen LogP contribution is 2.34. The molecule has 1 saturated heterocycles. The van der Waals surface area contributed by atoms with Crippen LogP contribution in [-0.2, 0) is 4.79 Å². The van der Waals surface area contributed by atoms with Crippen molar-refractivity contribution in [3.05, 3.63) is 59.7 Å². The van der Waals surface area contributed by atoms with Crippen LogP contribution >= 0.6 is 0 Å². The first kappa shape index (κ1) is 20.8. The van der Waals surface area contributed by atoms with Crippen LogP contribution in [0.1, 0.15) is 56.1 Å². The third kappa shape index (κ3) is 5.00. The number of hydrogen-bond donors (Lipinski definition) is 0. The van der Waals surface area contributed by atoms with E-state index >= 15 is 0 Å². The van der Waals surface area contributed by atoms with E-state index in [1.54, 1.807) is 0 Å². The summed E-state index contributed by atoms with van der Waals surface area (Å²) in [4.78, 5) is 13.9. The van der Waals surface area contributed by atoms with Crippen molar-refractivity contribution in [2.75, 3.05) is 24.6 Å². The zero-order chi connectivity index (χ0) is 21.3. The lowest BCUT2D eigenvalue weighted by Crippen LogP contribution is -2.45. The van der Waals surface area contributed by atoms with Crippen LogP contribution in [0.25, 0.3) is 0 Å². The van der Waals surface area contributed by atoms with Gasteiger partial charge in [0.2, 0.25) is 5.78 Å². The van der Waals surface area contributed by atoms with E-state index in [9.17, 15) is 13.6 Å². The topological polar surface area (TPSA) is 29.5 Å². The second-order valence-corrected chi connectivity index (χ2v) is 8.93. The summed E-state index contributed by atoms with van der Waals surface area (Å²) >= 11 is 0. The Morgan fingerprint density at radius 3 is 2.30 bits per heavy atom. The van der Waals surface area contributed by atoms with E-state index in [-0.39, 0.29) is 12.3 Å². The van der Waals surface area contributed by atoms with E-state index in [1.165, 1.54) is 24.1 Å². The van der Waals surface area contributed by atoms with Gasteiger partial charge in [0.05, 0.1) is 6.61 Å². The average molecular weight is 414 g/mol. The molecule has 160 valence electrons. The summed E-state index contributed by atoms with van der Waals surface area (Å²) in [6.07, 6.45) is 2.44. The fourth-order valence-electron chi connectivity index (χ4n) is 3.82. The molecule has 2 aromatic rings. The maximum atomic E-state index is 13.1. The molecule has 0 radical (unpaired) electrons. The zero-order valence-electron chi connectivity index (χ0n) is 17.6. The number of ether oxygens (including phenoxy) is 1. The van der Waals surface area contributed by atoms with Crippen LogP contribution in [0.15, 0.2) is 48.5 Å². The first-order valence-corrected chi connectivity index (χ1v) is 10.8. The minimum atomic E-state index is -3.26. The largest absolute Gasteiger partial charge is 0.493 e. The maximum Gasteiger partial charge on any atom is 0.302 e. The van der Waals surface area contributed by atoms with Crippen molar-refractivity contribution in [3.8, 4) is 5.75 Å². The lowest BCUT2D eigenvalue weighted by molar-refractivity contribution is -0.140. The van der Waals surface area contributed by atoms with Gasteiger partial charge in [-0.2, -0.15) is 8.78 Å². The molecule has 1 atom stereocenters. The van der Waals surface area contributed by atoms with Crippen molar-refractivity contribution >= 4 is 11.5 Å².